The number of alkyl halides is 3. The summed E-state index contributed by atoms with van der Waals surface area (Å²) in [6.07, 6.45) is -1.26. The Balaban J connectivity index is 1.75. The topological polar surface area (TPSA) is 26.3 Å². The van der Waals surface area contributed by atoms with E-state index in [9.17, 15) is 18.0 Å². The van der Waals surface area contributed by atoms with E-state index in [1.807, 2.05) is 0 Å². The van der Waals surface area contributed by atoms with Gasteiger partial charge in [-0.25, -0.2) is 0 Å². The number of ketones is 1. The van der Waals surface area contributed by atoms with E-state index in [2.05, 4.69) is 4.74 Å². The van der Waals surface area contributed by atoms with Gasteiger partial charge in [-0.1, -0.05) is 18.6 Å². The van der Waals surface area contributed by atoms with Crippen LogP contribution in [0, 0.1) is 5.41 Å². The molecular formula is C14H13F3O2. The van der Waals surface area contributed by atoms with Gasteiger partial charge in [-0.2, -0.15) is 0 Å². The monoisotopic (exact) mass is 270 g/mol. The molecule has 19 heavy (non-hydrogen) atoms. The number of ether oxygens (including phenoxy) is 1. The first-order valence-electron chi connectivity index (χ1n) is 6.30. The molecule has 0 N–H and O–H groups in total. The number of carbonyl (C=O) groups is 1. The summed E-state index contributed by atoms with van der Waals surface area (Å²) in [6, 6.07) is 5.91. The molecule has 1 aromatic rings. The third kappa shape index (κ3) is 2.01. The van der Waals surface area contributed by atoms with Crippen molar-refractivity contribution >= 4 is 5.78 Å². The van der Waals surface area contributed by atoms with Gasteiger partial charge >= 0.3 is 6.36 Å². The molecule has 1 aromatic carbocycles. The maximum Gasteiger partial charge on any atom is 0.573 e. The van der Waals surface area contributed by atoms with Crippen LogP contribution in [0.5, 0.6) is 5.75 Å². The van der Waals surface area contributed by atoms with Crippen molar-refractivity contribution in [2.24, 2.45) is 5.41 Å². The number of Topliss-reactive ketones (excluding diaryl/α,β-unsaturated/α-hetero) is 1. The van der Waals surface area contributed by atoms with Gasteiger partial charge in [0.1, 0.15) is 11.5 Å². The third-order valence-corrected chi connectivity index (χ3v) is 4.37. The Bertz CT molecular complexity index is 500. The molecule has 0 heterocycles. The highest BCUT2D eigenvalue weighted by atomic mass is 19.4. The van der Waals surface area contributed by atoms with Crippen molar-refractivity contribution in [1.82, 2.24) is 0 Å². The number of rotatable bonds is 2. The van der Waals surface area contributed by atoms with Crippen molar-refractivity contribution in [2.45, 2.75) is 38.0 Å². The molecule has 2 aliphatic rings. The average molecular weight is 270 g/mol. The highest BCUT2D eigenvalue weighted by Crippen LogP contribution is 2.61. The fraction of sp³-hybridized carbons (Fsp3) is 0.500. The summed E-state index contributed by atoms with van der Waals surface area (Å²) in [4.78, 5) is 11.7. The lowest BCUT2D eigenvalue weighted by Crippen LogP contribution is -2.52. The van der Waals surface area contributed by atoms with E-state index in [1.54, 1.807) is 12.1 Å². The fourth-order valence-electron chi connectivity index (χ4n) is 3.17. The molecule has 1 unspecified atom stereocenters. The molecule has 0 radical (unpaired) electrons. The van der Waals surface area contributed by atoms with Crippen molar-refractivity contribution in [3.63, 3.8) is 0 Å². The predicted octanol–water partition coefficient (Wildman–Crippen LogP) is 3.81. The van der Waals surface area contributed by atoms with Crippen LogP contribution in [0.25, 0.3) is 0 Å². The number of halogens is 3. The molecular weight excluding hydrogens is 257 g/mol. The number of benzene rings is 1. The van der Waals surface area contributed by atoms with Gasteiger partial charge in [-0.05, 0) is 30.5 Å². The first-order chi connectivity index (χ1) is 8.91. The molecule has 1 spiro atoms. The quantitative estimate of drug-likeness (QED) is 0.816. The first-order valence-corrected chi connectivity index (χ1v) is 6.30. The van der Waals surface area contributed by atoms with Gasteiger partial charge in [0.25, 0.3) is 0 Å². The van der Waals surface area contributed by atoms with E-state index >= 15 is 0 Å². The zero-order valence-electron chi connectivity index (χ0n) is 10.2. The lowest BCUT2D eigenvalue weighted by Gasteiger charge is -2.54. The van der Waals surface area contributed by atoms with Crippen LogP contribution >= 0.6 is 0 Å². The van der Waals surface area contributed by atoms with Crippen LogP contribution in [0.3, 0.4) is 0 Å². The molecule has 3 rings (SSSR count). The second-order valence-corrected chi connectivity index (χ2v) is 5.31. The molecule has 2 saturated carbocycles. The van der Waals surface area contributed by atoms with Crippen LogP contribution in [-0.2, 0) is 4.79 Å². The van der Waals surface area contributed by atoms with E-state index in [4.69, 9.17) is 0 Å². The highest BCUT2D eigenvalue weighted by Gasteiger charge is 2.58. The molecule has 0 aromatic heterocycles. The van der Waals surface area contributed by atoms with Crippen LogP contribution in [0.15, 0.2) is 24.3 Å². The molecule has 0 saturated heterocycles. The zero-order chi connectivity index (χ0) is 13.7. The number of hydrogen-bond acceptors (Lipinski definition) is 2. The third-order valence-electron chi connectivity index (χ3n) is 4.37. The minimum Gasteiger partial charge on any atom is -0.406 e. The van der Waals surface area contributed by atoms with Gasteiger partial charge in [0, 0.05) is 17.8 Å². The second kappa shape index (κ2) is 3.99. The van der Waals surface area contributed by atoms with Crippen LogP contribution in [0.1, 0.15) is 37.2 Å². The maximum atomic E-state index is 12.0. The number of hydrogen-bond donors (Lipinski definition) is 0. The molecule has 1 atom stereocenters. The van der Waals surface area contributed by atoms with Crippen LogP contribution in [0.4, 0.5) is 13.2 Å². The van der Waals surface area contributed by atoms with E-state index in [1.165, 1.54) is 12.1 Å². The Morgan fingerprint density at radius 3 is 2.21 bits per heavy atom. The summed E-state index contributed by atoms with van der Waals surface area (Å²) in [7, 11) is 0. The van der Waals surface area contributed by atoms with Gasteiger partial charge < -0.3 is 4.74 Å². The molecule has 0 amide bonds. The molecule has 2 aliphatic carbocycles. The van der Waals surface area contributed by atoms with E-state index in [0.29, 0.717) is 12.2 Å². The van der Waals surface area contributed by atoms with Gasteiger partial charge in [0.15, 0.2) is 0 Å². The molecule has 0 bridgehead atoms. The van der Waals surface area contributed by atoms with Gasteiger partial charge in [0.2, 0.25) is 0 Å². The Morgan fingerprint density at radius 1 is 1.16 bits per heavy atom. The summed E-state index contributed by atoms with van der Waals surface area (Å²) in [6.45, 7) is 0. The van der Waals surface area contributed by atoms with Crippen molar-refractivity contribution in [1.29, 1.82) is 0 Å². The van der Waals surface area contributed by atoms with E-state index in [0.717, 1.165) is 24.8 Å². The van der Waals surface area contributed by atoms with Crippen molar-refractivity contribution in [2.75, 3.05) is 0 Å². The highest BCUT2D eigenvalue weighted by molar-refractivity contribution is 5.94. The van der Waals surface area contributed by atoms with E-state index < -0.39 is 6.36 Å². The Hall–Kier alpha value is -1.52. The summed E-state index contributed by atoms with van der Waals surface area (Å²) in [5, 5.41) is 0. The lowest BCUT2D eigenvalue weighted by atomic mass is 9.47. The minimum absolute atomic E-state index is 0.175. The fourth-order valence-corrected chi connectivity index (χ4v) is 3.17. The summed E-state index contributed by atoms with van der Waals surface area (Å²) in [5.41, 5.74) is 0.737. The molecule has 102 valence electrons. The first kappa shape index (κ1) is 12.5. The van der Waals surface area contributed by atoms with Crippen molar-refractivity contribution in [3.05, 3.63) is 29.8 Å². The van der Waals surface area contributed by atoms with Crippen molar-refractivity contribution in [3.8, 4) is 5.75 Å². The average Bonchev–Trinajstić information content (AvgIpc) is 2.23. The minimum atomic E-state index is -4.66. The standard InChI is InChI=1S/C14H13F3O2/c15-14(16,17)19-10-4-2-9(3-5-10)11-8-12(18)13(11)6-1-7-13/h2-5,11H,1,6-8H2. The smallest absolute Gasteiger partial charge is 0.406 e. The van der Waals surface area contributed by atoms with Gasteiger partial charge in [-0.15, -0.1) is 13.2 Å². The van der Waals surface area contributed by atoms with Crippen LogP contribution in [-0.4, -0.2) is 12.1 Å². The summed E-state index contributed by atoms with van der Waals surface area (Å²) < 4.78 is 40.0. The normalized spacial score (nSPS) is 24.8. The largest absolute Gasteiger partial charge is 0.573 e. The second-order valence-electron chi connectivity index (χ2n) is 5.31. The van der Waals surface area contributed by atoms with Crippen LogP contribution < -0.4 is 4.74 Å². The van der Waals surface area contributed by atoms with Gasteiger partial charge in [-0.3, -0.25) is 4.79 Å². The maximum absolute atomic E-state index is 12.0. The molecule has 2 fully saturated rings. The molecule has 2 nitrogen and oxygen atoms in total. The number of carbonyl (C=O) groups excluding carboxylic acids is 1. The predicted molar refractivity (Wildman–Crippen MR) is 61.8 cm³/mol. The Morgan fingerprint density at radius 2 is 1.79 bits per heavy atom. The Kier molecular flexibility index (Phi) is 2.62. The SMILES string of the molecule is O=C1CC(c2ccc(OC(F)(F)F)cc2)C12CCC2. The van der Waals surface area contributed by atoms with Gasteiger partial charge in [0.05, 0.1) is 0 Å². The molecule has 0 aliphatic heterocycles. The van der Waals surface area contributed by atoms with Crippen LogP contribution in [0.2, 0.25) is 0 Å². The Labute approximate surface area is 108 Å². The lowest BCUT2D eigenvalue weighted by molar-refractivity contribution is -0.274. The molecule has 5 heteroatoms. The zero-order valence-corrected chi connectivity index (χ0v) is 10.2. The summed E-state index contributed by atoms with van der Waals surface area (Å²) in [5.74, 6) is 0.262. The summed E-state index contributed by atoms with van der Waals surface area (Å²) >= 11 is 0. The van der Waals surface area contributed by atoms with E-state index in [-0.39, 0.29) is 17.1 Å². The van der Waals surface area contributed by atoms with Crippen molar-refractivity contribution < 1.29 is 22.7 Å².